The first kappa shape index (κ1) is 19.2. The van der Waals surface area contributed by atoms with Crippen LogP contribution in [-0.2, 0) is 5.41 Å². The normalized spacial score (nSPS) is 11.4. The van der Waals surface area contributed by atoms with Crippen LogP contribution >= 0.6 is 11.6 Å². The van der Waals surface area contributed by atoms with Crippen LogP contribution in [0.5, 0.6) is 11.5 Å². The lowest BCUT2D eigenvalue weighted by Crippen LogP contribution is -2.14. The van der Waals surface area contributed by atoms with Gasteiger partial charge in [-0.3, -0.25) is 4.98 Å². The van der Waals surface area contributed by atoms with Gasteiger partial charge in [0.15, 0.2) is 0 Å². The minimum Gasteiger partial charge on any atom is -0.457 e. The average Bonchev–Trinajstić information content (AvgIpc) is 3.22. The fourth-order valence-electron chi connectivity index (χ4n) is 3.33. The number of hydrogen-bond donors (Lipinski definition) is 0. The Balaban J connectivity index is 1.68. The van der Waals surface area contributed by atoms with Gasteiger partial charge in [0.05, 0.1) is 17.7 Å². The Kier molecular flexibility index (Phi) is 5.12. The second-order valence-electron chi connectivity index (χ2n) is 7.86. The van der Waals surface area contributed by atoms with E-state index in [1.54, 1.807) is 18.7 Å². The van der Waals surface area contributed by atoms with Crippen molar-refractivity contribution in [1.29, 1.82) is 0 Å². The molecule has 4 aromatic rings. The highest BCUT2D eigenvalue weighted by molar-refractivity contribution is 6.31. The molecule has 0 unspecified atom stereocenters. The fourth-order valence-corrected chi connectivity index (χ4v) is 3.76. The maximum Gasteiger partial charge on any atom is 0.129 e. The molecule has 29 heavy (non-hydrogen) atoms. The van der Waals surface area contributed by atoms with Gasteiger partial charge in [-0.15, -0.1) is 0 Å². The molecule has 0 bridgehead atoms. The second kappa shape index (κ2) is 7.72. The second-order valence-corrected chi connectivity index (χ2v) is 8.27. The molecule has 0 fully saturated rings. The summed E-state index contributed by atoms with van der Waals surface area (Å²) in [6.07, 6.45) is 7.16. The minimum atomic E-state index is -0.128. The van der Waals surface area contributed by atoms with Gasteiger partial charge in [0.25, 0.3) is 0 Å². The van der Waals surface area contributed by atoms with Crippen LogP contribution in [0.15, 0.2) is 79.5 Å². The van der Waals surface area contributed by atoms with Gasteiger partial charge in [0.2, 0.25) is 0 Å². The average molecular weight is 404 g/mol. The van der Waals surface area contributed by atoms with Gasteiger partial charge in [-0.1, -0.05) is 50.6 Å². The number of pyridine rings is 1. The third kappa shape index (κ3) is 4.17. The highest BCUT2D eigenvalue weighted by Gasteiger charge is 2.23. The first-order valence-electron chi connectivity index (χ1n) is 9.43. The summed E-state index contributed by atoms with van der Waals surface area (Å²) < 4.78 is 8.08. The van der Waals surface area contributed by atoms with E-state index >= 15 is 0 Å². The predicted molar refractivity (Wildman–Crippen MR) is 117 cm³/mol. The van der Waals surface area contributed by atoms with E-state index in [1.165, 1.54) is 0 Å². The van der Waals surface area contributed by atoms with E-state index in [4.69, 9.17) is 16.3 Å². The Bertz CT molecular complexity index is 1130. The zero-order valence-corrected chi connectivity index (χ0v) is 17.4. The summed E-state index contributed by atoms with van der Waals surface area (Å²) in [6, 6.07) is 17.7. The molecule has 0 spiro atoms. The smallest absolute Gasteiger partial charge is 0.129 e. The van der Waals surface area contributed by atoms with Crippen LogP contribution in [0.3, 0.4) is 0 Å². The summed E-state index contributed by atoms with van der Waals surface area (Å²) >= 11 is 6.52. The fraction of sp³-hybridized carbons (Fsp3) is 0.167. The van der Waals surface area contributed by atoms with Gasteiger partial charge in [-0.05, 0) is 35.7 Å². The topological polar surface area (TPSA) is 39.9 Å². The summed E-state index contributed by atoms with van der Waals surface area (Å²) in [5.41, 5.74) is 3.74. The van der Waals surface area contributed by atoms with E-state index in [9.17, 15) is 0 Å². The number of aromatic nitrogens is 3. The van der Waals surface area contributed by atoms with Crippen LogP contribution in [0.25, 0.3) is 16.9 Å². The SMILES string of the molecule is CC(C)(C)c1c(Cl)ccnc1-c1cccc(Oc2cccc(-n3ccnc3)c2)c1. The third-order valence-electron chi connectivity index (χ3n) is 4.61. The summed E-state index contributed by atoms with van der Waals surface area (Å²) in [7, 11) is 0. The quantitative estimate of drug-likeness (QED) is 0.381. The molecule has 146 valence electrons. The highest BCUT2D eigenvalue weighted by atomic mass is 35.5. The molecule has 2 heterocycles. The molecule has 0 radical (unpaired) electrons. The first-order chi connectivity index (χ1) is 13.9. The van der Waals surface area contributed by atoms with Crippen molar-refractivity contribution < 1.29 is 4.74 Å². The highest BCUT2D eigenvalue weighted by Crippen LogP contribution is 2.37. The Morgan fingerprint density at radius 2 is 1.69 bits per heavy atom. The van der Waals surface area contributed by atoms with Crippen LogP contribution in [-0.4, -0.2) is 14.5 Å². The molecule has 0 saturated carbocycles. The van der Waals surface area contributed by atoms with Crippen molar-refractivity contribution in [2.75, 3.05) is 0 Å². The van der Waals surface area contributed by atoms with Crippen LogP contribution in [0.4, 0.5) is 0 Å². The Hall–Kier alpha value is -3.11. The van der Waals surface area contributed by atoms with Crippen molar-refractivity contribution in [1.82, 2.24) is 14.5 Å². The van der Waals surface area contributed by atoms with Crippen LogP contribution < -0.4 is 4.74 Å². The van der Waals surface area contributed by atoms with Crippen molar-refractivity contribution in [3.8, 4) is 28.4 Å². The predicted octanol–water partition coefficient (Wildman–Crippen LogP) is 6.68. The number of nitrogens with zero attached hydrogens (tertiary/aromatic N) is 3. The molecule has 0 saturated heterocycles. The Morgan fingerprint density at radius 1 is 0.931 bits per heavy atom. The van der Waals surface area contributed by atoms with Crippen LogP contribution in [0.2, 0.25) is 5.02 Å². The van der Waals surface area contributed by atoms with E-state index < -0.39 is 0 Å². The Morgan fingerprint density at radius 3 is 2.41 bits per heavy atom. The zero-order valence-electron chi connectivity index (χ0n) is 16.6. The molecular formula is C24H22ClN3O. The van der Waals surface area contributed by atoms with E-state index in [0.29, 0.717) is 0 Å². The van der Waals surface area contributed by atoms with E-state index in [0.717, 1.165) is 39.0 Å². The third-order valence-corrected chi connectivity index (χ3v) is 4.93. The van der Waals surface area contributed by atoms with Gasteiger partial charge in [0, 0.05) is 40.8 Å². The molecule has 0 N–H and O–H groups in total. The van der Waals surface area contributed by atoms with Gasteiger partial charge >= 0.3 is 0 Å². The standard InChI is InChI=1S/C24H22ClN3O/c1-24(2,3)22-21(25)10-11-27-23(22)17-6-4-8-19(14-17)29-20-9-5-7-18(15-20)28-13-12-26-16-28/h4-16H,1-3H3. The molecule has 2 aromatic heterocycles. The van der Waals surface area contributed by atoms with Crippen molar-refractivity contribution >= 4 is 11.6 Å². The number of imidazole rings is 1. The molecule has 0 aliphatic heterocycles. The molecule has 4 rings (SSSR count). The molecule has 5 heteroatoms. The van der Waals surface area contributed by atoms with E-state index in [-0.39, 0.29) is 5.41 Å². The maximum atomic E-state index is 6.52. The molecular weight excluding hydrogens is 382 g/mol. The summed E-state index contributed by atoms with van der Waals surface area (Å²) in [6.45, 7) is 6.42. The summed E-state index contributed by atoms with van der Waals surface area (Å²) in [5.74, 6) is 1.50. The number of rotatable bonds is 4. The maximum absolute atomic E-state index is 6.52. The molecule has 0 atom stereocenters. The minimum absolute atomic E-state index is 0.128. The van der Waals surface area contributed by atoms with Gasteiger partial charge < -0.3 is 9.30 Å². The number of halogens is 1. The lowest BCUT2D eigenvalue weighted by molar-refractivity contribution is 0.482. The summed E-state index contributed by atoms with van der Waals surface area (Å²) in [4.78, 5) is 8.72. The number of hydrogen-bond acceptors (Lipinski definition) is 3. The van der Waals surface area contributed by atoms with Crippen molar-refractivity contribution in [2.45, 2.75) is 26.2 Å². The Labute approximate surface area is 175 Å². The monoisotopic (exact) mass is 403 g/mol. The lowest BCUT2D eigenvalue weighted by atomic mass is 9.84. The molecule has 0 amide bonds. The zero-order chi connectivity index (χ0) is 20.4. The van der Waals surface area contributed by atoms with Crippen LogP contribution in [0, 0.1) is 0 Å². The molecule has 4 nitrogen and oxygen atoms in total. The molecule has 2 aromatic carbocycles. The largest absolute Gasteiger partial charge is 0.457 e. The van der Waals surface area contributed by atoms with Crippen molar-refractivity contribution in [3.63, 3.8) is 0 Å². The van der Waals surface area contributed by atoms with E-state index in [1.807, 2.05) is 65.4 Å². The molecule has 0 aliphatic rings. The molecule has 0 aliphatic carbocycles. The summed E-state index contributed by atoms with van der Waals surface area (Å²) in [5, 5.41) is 0.724. The lowest BCUT2D eigenvalue weighted by Gasteiger charge is -2.23. The number of benzene rings is 2. The van der Waals surface area contributed by atoms with Crippen molar-refractivity contribution in [3.05, 3.63) is 90.1 Å². The van der Waals surface area contributed by atoms with Crippen molar-refractivity contribution in [2.24, 2.45) is 0 Å². The van der Waals surface area contributed by atoms with Gasteiger partial charge in [-0.2, -0.15) is 0 Å². The van der Waals surface area contributed by atoms with Gasteiger partial charge in [-0.25, -0.2) is 4.98 Å². The van der Waals surface area contributed by atoms with E-state index in [2.05, 4.69) is 30.7 Å². The van der Waals surface area contributed by atoms with Crippen LogP contribution in [0.1, 0.15) is 26.3 Å². The van der Waals surface area contributed by atoms with Gasteiger partial charge in [0.1, 0.15) is 11.5 Å². The number of ether oxygens (including phenoxy) is 1. The first-order valence-corrected chi connectivity index (χ1v) is 9.81.